The molecule has 2 aromatic rings. The molecule has 0 aromatic heterocycles. The Morgan fingerprint density at radius 3 is 1.19 bits per heavy atom. The van der Waals surface area contributed by atoms with Gasteiger partial charge in [0.1, 0.15) is 0 Å². The normalized spacial score (nSPS) is 11.9. The Morgan fingerprint density at radius 2 is 0.923 bits per heavy atom. The third-order valence-electron chi connectivity index (χ3n) is 2.78. The van der Waals surface area contributed by atoms with Crippen molar-refractivity contribution in [3.8, 4) is 0 Å². The summed E-state index contributed by atoms with van der Waals surface area (Å²) in [6.45, 7) is 0. The Labute approximate surface area is 152 Å². The van der Waals surface area contributed by atoms with E-state index in [1.54, 1.807) is 60.7 Å². The molecule has 0 aliphatic heterocycles. The lowest BCUT2D eigenvalue weighted by Crippen LogP contribution is -2.09. The predicted molar refractivity (Wildman–Crippen MR) is 101 cm³/mol. The average Bonchev–Trinajstić information content (AvgIpc) is 2.59. The van der Waals surface area contributed by atoms with Gasteiger partial charge in [-0.2, -0.15) is 0 Å². The molecule has 0 heterocycles. The lowest BCUT2D eigenvalue weighted by atomic mass is 10.2. The van der Waals surface area contributed by atoms with Gasteiger partial charge in [-0.15, -0.1) is 9.79 Å². The molecule has 0 fully saturated rings. The molecule has 0 atom stereocenters. The molecule has 26 heavy (non-hydrogen) atoms. The van der Waals surface area contributed by atoms with E-state index in [1.165, 1.54) is 12.2 Å². The van der Waals surface area contributed by atoms with E-state index in [9.17, 15) is 16.8 Å². The zero-order valence-electron chi connectivity index (χ0n) is 13.3. The Hall–Kier alpha value is -2.16. The lowest BCUT2D eigenvalue weighted by molar-refractivity contribution is 0.405. The van der Waals surface area contributed by atoms with Crippen LogP contribution in [-0.2, 0) is 22.3 Å². The summed E-state index contributed by atoms with van der Waals surface area (Å²) in [6.07, 6.45) is 2.51. The predicted octanol–water partition coefficient (Wildman–Crippen LogP) is 2.70. The van der Waals surface area contributed by atoms with Crippen LogP contribution in [-0.4, -0.2) is 26.6 Å². The Kier molecular flexibility index (Phi) is 8.50. The zero-order valence-corrected chi connectivity index (χ0v) is 15.8. The zero-order chi connectivity index (χ0) is 19.6. The van der Waals surface area contributed by atoms with Crippen LogP contribution in [0.1, 0.15) is 11.1 Å². The van der Waals surface area contributed by atoms with E-state index >= 15 is 0 Å². The molecule has 0 amide bonds. The van der Waals surface area contributed by atoms with Crippen LogP contribution in [0.25, 0.3) is 12.2 Å². The summed E-state index contributed by atoms with van der Waals surface area (Å²) in [5.74, 6) is 0. The van der Waals surface area contributed by atoms with E-state index in [2.05, 4.69) is 0 Å². The van der Waals surface area contributed by atoms with Gasteiger partial charge in [-0.05, 0) is 23.3 Å². The molecule has 10 heteroatoms. The average molecular weight is 415 g/mol. The molecule has 0 bridgehead atoms. The molecule has 0 unspecified atom stereocenters. The van der Waals surface area contributed by atoms with E-state index in [-0.39, 0.29) is 0 Å². The SMILES string of the molecule is O=S(=O)(C=Cc1ccccc1)S(=O)(=O)C=Cc1ccccc1.O=[P+](O)O. The molecule has 2 N–H and O–H groups in total. The van der Waals surface area contributed by atoms with Gasteiger partial charge in [0.05, 0.1) is 0 Å². The molecule has 0 radical (unpaired) electrons. The smallest absolute Gasteiger partial charge is 0.208 e. The molecular formula is C16H16O7PS2+. The topological polar surface area (TPSA) is 126 Å². The van der Waals surface area contributed by atoms with Crippen LogP contribution in [0, 0.1) is 0 Å². The number of rotatable bonds is 5. The van der Waals surface area contributed by atoms with Gasteiger partial charge in [0, 0.05) is 15.4 Å². The van der Waals surface area contributed by atoms with Crippen molar-refractivity contribution in [2.75, 3.05) is 0 Å². The van der Waals surface area contributed by atoms with Crippen molar-refractivity contribution in [1.29, 1.82) is 0 Å². The van der Waals surface area contributed by atoms with Crippen LogP contribution in [0.2, 0.25) is 0 Å². The first kappa shape index (κ1) is 21.9. The fourth-order valence-electron chi connectivity index (χ4n) is 1.61. The number of benzene rings is 2. The monoisotopic (exact) mass is 415 g/mol. The lowest BCUT2D eigenvalue weighted by Gasteiger charge is -1.97. The van der Waals surface area contributed by atoms with E-state index in [4.69, 9.17) is 14.4 Å². The maximum atomic E-state index is 11.9. The first-order valence-electron chi connectivity index (χ1n) is 6.95. The van der Waals surface area contributed by atoms with Gasteiger partial charge in [-0.3, -0.25) is 0 Å². The molecule has 2 rings (SSSR count). The summed E-state index contributed by atoms with van der Waals surface area (Å²) < 4.78 is 56.4. The molecule has 138 valence electrons. The van der Waals surface area contributed by atoms with Crippen LogP contribution in [0.3, 0.4) is 0 Å². The van der Waals surface area contributed by atoms with E-state index < -0.39 is 26.0 Å². The molecule has 0 saturated carbocycles. The highest BCUT2D eigenvalue weighted by Gasteiger charge is 2.23. The third kappa shape index (κ3) is 7.81. The Morgan fingerprint density at radius 1 is 0.654 bits per heavy atom. The van der Waals surface area contributed by atoms with Crippen LogP contribution in [0.5, 0.6) is 0 Å². The highest BCUT2D eigenvalue weighted by atomic mass is 33.2. The molecule has 2 aromatic carbocycles. The summed E-state index contributed by atoms with van der Waals surface area (Å²) in [4.78, 5) is 14.2. The second-order valence-corrected chi connectivity index (χ2v) is 10.5. The largest absolute Gasteiger partial charge is 0.692 e. The highest BCUT2D eigenvalue weighted by Crippen LogP contribution is 2.13. The van der Waals surface area contributed by atoms with Crippen LogP contribution >= 0.6 is 8.25 Å². The van der Waals surface area contributed by atoms with Crippen LogP contribution in [0.15, 0.2) is 71.5 Å². The summed E-state index contributed by atoms with van der Waals surface area (Å²) in [7, 11) is -11.7. The molecule has 0 aliphatic rings. The van der Waals surface area contributed by atoms with Gasteiger partial charge >= 0.3 is 8.25 Å². The fraction of sp³-hybridized carbons (Fsp3) is 0. The molecular weight excluding hydrogens is 399 g/mol. The first-order chi connectivity index (χ1) is 12.1. The minimum absolute atomic E-state index is 0.605. The Balaban J connectivity index is 0.000000765. The minimum Gasteiger partial charge on any atom is -0.208 e. The minimum atomic E-state index is -4.42. The summed E-state index contributed by atoms with van der Waals surface area (Å²) >= 11 is 0. The highest BCUT2D eigenvalue weighted by molar-refractivity contribution is 8.69. The van der Waals surface area contributed by atoms with Crippen molar-refractivity contribution in [2.45, 2.75) is 0 Å². The second-order valence-electron chi connectivity index (χ2n) is 4.67. The summed E-state index contributed by atoms with van der Waals surface area (Å²) in [6, 6.07) is 17.2. The molecule has 0 aliphatic carbocycles. The summed E-state index contributed by atoms with van der Waals surface area (Å²) in [5.41, 5.74) is 1.21. The molecule has 7 nitrogen and oxygen atoms in total. The maximum absolute atomic E-state index is 11.9. The van der Waals surface area contributed by atoms with E-state index in [1.807, 2.05) is 0 Å². The summed E-state index contributed by atoms with van der Waals surface area (Å²) in [5, 5.41) is 1.40. The molecule has 0 spiro atoms. The quantitative estimate of drug-likeness (QED) is 0.568. The Bertz CT molecular complexity index is 900. The maximum Gasteiger partial charge on any atom is 0.692 e. The number of hydrogen-bond donors (Lipinski definition) is 2. The second kappa shape index (κ2) is 10.1. The van der Waals surface area contributed by atoms with Gasteiger partial charge in [0.15, 0.2) is 0 Å². The third-order valence-corrected chi connectivity index (χ3v) is 6.97. The van der Waals surface area contributed by atoms with Crippen molar-refractivity contribution in [3.05, 3.63) is 82.6 Å². The van der Waals surface area contributed by atoms with Gasteiger partial charge in [0.2, 0.25) is 0 Å². The van der Waals surface area contributed by atoms with Gasteiger partial charge in [-0.25, -0.2) is 16.8 Å². The first-order valence-corrected chi connectivity index (χ1v) is 11.7. The van der Waals surface area contributed by atoms with Crippen molar-refractivity contribution >= 4 is 38.1 Å². The van der Waals surface area contributed by atoms with Crippen molar-refractivity contribution in [3.63, 3.8) is 0 Å². The van der Waals surface area contributed by atoms with Gasteiger partial charge in [-0.1, -0.05) is 60.7 Å². The van der Waals surface area contributed by atoms with E-state index in [0.717, 1.165) is 0 Å². The van der Waals surface area contributed by atoms with Gasteiger partial charge < -0.3 is 0 Å². The standard InChI is InChI=1S/C16H14O4S2.HO3P/c17-21(18,13-11-15-7-3-1-4-8-15)22(19,20)14-12-16-9-5-2-6-10-16;1-4(2)3/h1-14H;(H-,1,2,3)/p+1. The van der Waals surface area contributed by atoms with Crippen molar-refractivity contribution in [1.82, 2.24) is 0 Å². The number of hydrogen-bond acceptors (Lipinski definition) is 5. The van der Waals surface area contributed by atoms with Gasteiger partial charge in [0.25, 0.3) is 17.7 Å². The van der Waals surface area contributed by atoms with Crippen LogP contribution in [0.4, 0.5) is 0 Å². The fourth-order valence-corrected chi connectivity index (χ4v) is 3.83. The van der Waals surface area contributed by atoms with Crippen LogP contribution < -0.4 is 0 Å². The molecule has 0 saturated heterocycles. The van der Waals surface area contributed by atoms with Crippen molar-refractivity contribution < 1.29 is 31.2 Å². The van der Waals surface area contributed by atoms with Crippen molar-refractivity contribution in [2.24, 2.45) is 0 Å². The van der Waals surface area contributed by atoms with E-state index in [0.29, 0.717) is 21.9 Å².